The van der Waals surface area contributed by atoms with E-state index >= 15 is 0 Å². The van der Waals surface area contributed by atoms with Gasteiger partial charge < -0.3 is 9.13 Å². The third-order valence-electron chi connectivity index (χ3n) is 12.4. The third-order valence-corrected chi connectivity index (χ3v) is 12.4. The molecule has 11 aromatic rings. The Morgan fingerprint density at radius 1 is 0.333 bits per heavy atom. The molecule has 12 rings (SSSR count). The summed E-state index contributed by atoms with van der Waals surface area (Å²) in [5, 5.41) is 5.05. The quantitative estimate of drug-likeness (QED) is 0.167. The van der Waals surface area contributed by atoms with Gasteiger partial charge in [-0.3, -0.25) is 0 Å². The van der Waals surface area contributed by atoms with Crippen LogP contribution in [0.15, 0.2) is 218 Å². The number of hydrogen-bond donors (Lipinski definition) is 0. The highest BCUT2D eigenvalue weighted by Gasteiger charge is 2.47. The lowest BCUT2D eigenvalue weighted by Crippen LogP contribution is -2.28. The number of benzene rings is 9. The van der Waals surface area contributed by atoms with Crippen molar-refractivity contribution in [2.24, 2.45) is 0 Å². The van der Waals surface area contributed by atoms with Crippen LogP contribution in [0.4, 0.5) is 0 Å². The van der Waals surface area contributed by atoms with E-state index in [-0.39, 0.29) is 0 Å². The molecule has 2 nitrogen and oxygen atoms in total. The van der Waals surface area contributed by atoms with E-state index in [9.17, 15) is 0 Å². The van der Waals surface area contributed by atoms with E-state index < -0.39 is 5.41 Å². The van der Waals surface area contributed by atoms with E-state index in [1.165, 1.54) is 88.1 Å². The molecule has 0 fully saturated rings. The van der Waals surface area contributed by atoms with E-state index in [1.54, 1.807) is 0 Å². The van der Waals surface area contributed by atoms with Crippen LogP contribution in [0.25, 0.3) is 77.2 Å². The molecule has 0 bridgehead atoms. The lowest BCUT2D eigenvalue weighted by molar-refractivity contribution is 0.769. The van der Waals surface area contributed by atoms with Gasteiger partial charge >= 0.3 is 0 Å². The number of hydrogen-bond acceptors (Lipinski definition) is 0. The number of para-hydroxylation sites is 4. The Morgan fingerprint density at radius 3 is 1.42 bits per heavy atom. The van der Waals surface area contributed by atoms with Crippen molar-refractivity contribution in [1.29, 1.82) is 0 Å². The van der Waals surface area contributed by atoms with Gasteiger partial charge in [0.1, 0.15) is 0 Å². The van der Waals surface area contributed by atoms with Crippen molar-refractivity contribution in [3.8, 4) is 33.6 Å². The topological polar surface area (TPSA) is 9.86 Å². The van der Waals surface area contributed by atoms with Crippen LogP contribution in [0.5, 0.6) is 0 Å². The smallest absolute Gasteiger partial charge is 0.0714 e. The molecule has 0 N–H and O–H groups in total. The van der Waals surface area contributed by atoms with Crippen LogP contribution in [0.1, 0.15) is 22.3 Å². The average molecular weight is 725 g/mol. The lowest BCUT2D eigenvalue weighted by atomic mass is 9.67. The van der Waals surface area contributed by atoms with Gasteiger partial charge in [-0.1, -0.05) is 170 Å². The molecular formula is C55H36N2. The van der Waals surface area contributed by atoms with Gasteiger partial charge in [0.15, 0.2) is 0 Å². The van der Waals surface area contributed by atoms with Crippen LogP contribution in [0.2, 0.25) is 0 Å². The molecule has 57 heavy (non-hydrogen) atoms. The van der Waals surface area contributed by atoms with Crippen molar-refractivity contribution < 1.29 is 0 Å². The highest BCUT2D eigenvalue weighted by Crippen LogP contribution is 2.60. The van der Waals surface area contributed by atoms with Crippen LogP contribution >= 0.6 is 0 Å². The van der Waals surface area contributed by atoms with Crippen molar-refractivity contribution in [2.75, 3.05) is 0 Å². The standard InChI is InChI=1S/C55H36N2/c1-4-18-38(19-5-1)55(39-20-6-2-7-21-39)47-28-14-10-26-44(47)53-48(55)36-46(52-45-27-13-17-31-51(45)57(54(52)53)40-22-8-3-9-23-40)37-32-34-41(35-33-37)56-49-29-15-11-24-42(49)43-25-12-16-30-50(43)56/h1-36H. The fraction of sp³-hybridized carbons (Fsp3) is 0.0182. The molecule has 1 aliphatic carbocycles. The first kappa shape index (κ1) is 31.9. The van der Waals surface area contributed by atoms with Crippen LogP contribution in [0, 0.1) is 0 Å². The fourth-order valence-electron chi connectivity index (χ4n) is 10.1. The molecule has 0 saturated heterocycles. The third kappa shape index (κ3) is 4.41. The Balaban J connectivity index is 1.23. The van der Waals surface area contributed by atoms with Gasteiger partial charge in [0, 0.05) is 38.5 Å². The largest absolute Gasteiger partial charge is 0.309 e. The van der Waals surface area contributed by atoms with E-state index in [0.717, 1.165) is 11.4 Å². The van der Waals surface area contributed by atoms with Crippen molar-refractivity contribution in [2.45, 2.75) is 5.41 Å². The van der Waals surface area contributed by atoms with Crippen LogP contribution in [-0.4, -0.2) is 9.13 Å². The van der Waals surface area contributed by atoms with Crippen molar-refractivity contribution >= 4 is 43.6 Å². The number of rotatable bonds is 5. The Morgan fingerprint density at radius 2 is 0.807 bits per heavy atom. The van der Waals surface area contributed by atoms with E-state index in [4.69, 9.17) is 0 Å². The summed E-state index contributed by atoms with van der Waals surface area (Å²) in [6.45, 7) is 0. The number of nitrogens with zero attached hydrogens (tertiary/aromatic N) is 2. The Hall–Kier alpha value is -7.42. The second-order valence-corrected chi connectivity index (χ2v) is 15.2. The first-order valence-corrected chi connectivity index (χ1v) is 19.8. The molecule has 1 aliphatic rings. The SMILES string of the molecule is c1ccc(-n2c3ccccc3c3c(-c4ccc(-n5c6ccccc6c6ccccc65)cc4)cc4c(c32)-c2ccccc2C4(c2ccccc2)c2ccccc2)cc1. The minimum Gasteiger partial charge on any atom is -0.309 e. The lowest BCUT2D eigenvalue weighted by Gasteiger charge is -2.34. The maximum atomic E-state index is 2.54. The van der Waals surface area contributed by atoms with Crippen molar-refractivity contribution in [3.63, 3.8) is 0 Å². The zero-order valence-electron chi connectivity index (χ0n) is 31.2. The van der Waals surface area contributed by atoms with Gasteiger partial charge in [-0.15, -0.1) is 0 Å². The molecule has 0 atom stereocenters. The predicted octanol–water partition coefficient (Wildman–Crippen LogP) is 13.9. The summed E-state index contributed by atoms with van der Waals surface area (Å²) in [4.78, 5) is 0. The highest BCUT2D eigenvalue weighted by atomic mass is 15.0. The normalized spacial score (nSPS) is 13.1. The fourth-order valence-corrected chi connectivity index (χ4v) is 10.1. The predicted molar refractivity (Wildman–Crippen MR) is 238 cm³/mol. The minimum absolute atomic E-state index is 0.543. The molecule has 0 aliphatic heterocycles. The zero-order valence-corrected chi connectivity index (χ0v) is 31.2. The van der Waals surface area contributed by atoms with Gasteiger partial charge in [-0.25, -0.2) is 0 Å². The summed E-state index contributed by atoms with van der Waals surface area (Å²) in [6.07, 6.45) is 0. The van der Waals surface area contributed by atoms with Crippen LogP contribution < -0.4 is 0 Å². The monoisotopic (exact) mass is 724 g/mol. The van der Waals surface area contributed by atoms with Gasteiger partial charge in [-0.2, -0.15) is 0 Å². The van der Waals surface area contributed by atoms with Crippen molar-refractivity contribution in [1.82, 2.24) is 9.13 Å². The average Bonchev–Trinajstić information content (AvgIpc) is 3.92. The molecule has 0 amide bonds. The number of fused-ring (bicyclic) bond motifs is 10. The molecule has 2 heteroatoms. The summed E-state index contributed by atoms with van der Waals surface area (Å²) in [5.41, 5.74) is 16.7. The molecule has 2 heterocycles. The summed E-state index contributed by atoms with van der Waals surface area (Å²) < 4.78 is 4.92. The van der Waals surface area contributed by atoms with E-state index in [2.05, 4.69) is 228 Å². The van der Waals surface area contributed by atoms with Crippen molar-refractivity contribution in [3.05, 3.63) is 241 Å². The molecular weight excluding hydrogens is 689 g/mol. The maximum absolute atomic E-state index is 2.54. The molecule has 0 saturated carbocycles. The summed E-state index contributed by atoms with van der Waals surface area (Å²) in [6, 6.07) is 80.5. The summed E-state index contributed by atoms with van der Waals surface area (Å²) in [7, 11) is 0. The summed E-state index contributed by atoms with van der Waals surface area (Å²) >= 11 is 0. The van der Waals surface area contributed by atoms with Gasteiger partial charge in [-0.05, 0) is 87.5 Å². The highest BCUT2D eigenvalue weighted by molar-refractivity contribution is 6.21. The Bertz CT molecular complexity index is 3220. The Kier molecular flexibility index (Phi) is 6.88. The molecule has 0 spiro atoms. The summed E-state index contributed by atoms with van der Waals surface area (Å²) in [5.74, 6) is 0. The first-order valence-electron chi connectivity index (χ1n) is 19.8. The van der Waals surface area contributed by atoms with E-state index in [1.807, 2.05) is 0 Å². The second-order valence-electron chi connectivity index (χ2n) is 15.2. The minimum atomic E-state index is -0.543. The molecule has 2 aromatic heterocycles. The maximum Gasteiger partial charge on any atom is 0.0714 e. The van der Waals surface area contributed by atoms with Gasteiger partial charge in [0.05, 0.1) is 27.5 Å². The van der Waals surface area contributed by atoms with Gasteiger partial charge in [0.2, 0.25) is 0 Å². The van der Waals surface area contributed by atoms with E-state index in [0.29, 0.717) is 0 Å². The first-order chi connectivity index (χ1) is 28.3. The molecule has 0 radical (unpaired) electrons. The van der Waals surface area contributed by atoms with Crippen LogP contribution in [-0.2, 0) is 5.41 Å². The number of aromatic nitrogens is 2. The molecule has 0 unspecified atom stereocenters. The zero-order chi connectivity index (χ0) is 37.5. The van der Waals surface area contributed by atoms with Crippen LogP contribution in [0.3, 0.4) is 0 Å². The van der Waals surface area contributed by atoms with Gasteiger partial charge in [0.25, 0.3) is 0 Å². The Labute approximate surface area is 331 Å². The second kappa shape index (κ2) is 12.3. The molecule has 266 valence electrons. The molecule has 9 aromatic carbocycles.